The molecule has 3 rings (SSSR count). The molecule has 0 spiro atoms. The summed E-state index contributed by atoms with van der Waals surface area (Å²) in [6.45, 7) is 0. The molecule has 0 aliphatic carbocycles. The van der Waals surface area contributed by atoms with Crippen molar-refractivity contribution in [1.29, 1.82) is 0 Å². The minimum absolute atomic E-state index is 0.0131. The van der Waals surface area contributed by atoms with Crippen LogP contribution in [-0.2, 0) is 0 Å². The Balaban J connectivity index is 2.26. The first-order valence-electron chi connectivity index (χ1n) is 6.79. The largest absolute Gasteiger partial charge is 0.476 e. The van der Waals surface area contributed by atoms with E-state index < -0.39 is 17.6 Å². The molecule has 5 nitrogen and oxygen atoms in total. The summed E-state index contributed by atoms with van der Waals surface area (Å²) in [5, 5.41) is 16.8. The number of hydrogen-bond acceptors (Lipinski definition) is 4. The van der Waals surface area contributed by atoms with Gasteiger partial charge in [0, 0.05) is 16.5 Å². The zero-order chi connectivity index (χ0) is 17.3. The molecule has 1 aromatic heterocycles. The number of thioether (sulfide) groups is 1. The molecule has 0 saturated heterocycles. The van der Waals surface area contributed by atoms with Crippen molar-refractivity contribution in [3.8, 4) is 16.9 Å². The van der Waals surface area contributed by atoms with E-state index in [9.17, 15) is 18.7 Å². The molecule has 8 heteroatoms. The zero-order valence-corrected chi connectivity index (χ0v) is 13.2. The monoisotopic (exact) mass is 347 g/mol. The Bertz CT molecular complexity index is 907. The van der Waals surface area contributed by atoms with E-state index in [4.69, 9.17) is 0 Å². The molecule has 1 N–H and O–H groups in total. The van der Waals surface area contributed by atoms with Crippen LogP contribution in [0, 0.1) is 11.6 Å². The van der Waals surface area contributed by atoms with Crippen molar-refractivity contribution < 1.29 is 18.7 Å². The average Bonchev–Trinajstić information content (AvgIpc) is 2.99. The molecule has 0 unspecified atom stereocenters. The highest BCUT2D eigenvalue weighted by Crippen LogP contribution is 2.28. The molecule has 1 heterocycles. The number of aromatic carboxylic acids is 1. The fourth-order valence-electron chi connectivity index (χ4n) is 2.30. The van der Waals surface area contributed by atoms with Crippen LogP contribution >= 0.6 is 11.8 Å². The second-order valence-electron chi connectivity index (χ2n) is 4.86. The molecule has 24 heavy (non-hydrogen) atoms. The quantitative estimate of drug-likeness (QED) is 0.730. The summed E-state index contributed by atoms with van der Waals surface area (Å²) >= 11 is 1.50. The van der Waals surface area contributed by atoms with Crippen LogP contribution in [-0.4, -0.2) is 32.3 Å². The number of carboxylic acids is 1. The molecule has 0 aliphatic rings. The van der Waals surface area contributed by atoms with Crippen LogP contribution in [0.2, 0.25) is 0 Å². The lowest BCUT2D eigenvalue weighted by Gasteiger charge is -2.09. The third-order valence-electron chi connectivity index (χ3n) is 3.31. The van der Waals surface area contributed by atoms with Crippen LogP contribution in [0.4, 0.5) is 8.78 Å². The van der Waals surface area contributed by atoms with E-state index in [1.165, 1.54) is 16.4 Å². The molecule has 0 saturated carbocycles. The highest BCUT2D eigenvalue weighted by atomic mass is 32.2. The van der Waals surface area contributed by atoms with Gasteiger partial charge in [0.1, 0.15) is 17.3 Å². The Morgan fingerprint density at radius 3 is 2.50 bits per heavy atom. The predicted molar refractivity (Wildman–Crippen MR) is 85.5 cm³/mol. The summed E-state index contributed by atoms with van der Waals surface area (Å²) in [6, 6.07) is 9.95. The lowest BCUT2D eigenvalue weighted by molar-refractivity contribution is 0.0691. The van der Waals surface area contributed by atoms with E-state index >= 15 is 0 Å². The zero-order valence-electron chi connectivity index (χ0n) is 12.4. The topological polar surface area (TPSA) is 68.0 Å². The number of nitrogens with zero attached hydrogens (tertiary/aromatic N) is 3. The number of rotatable bonds is 4. The average molecular weight is 347 g/mol. The summed E-state index contributed by atoms with van der Waals surface area (Å²) in [5.74, 6) is -2.96. The summed E-state index contributed by atoms with van der Waals surface area (Å²) < 4.78 is 28.4. The Morgan fingerprint density at radius 2 is 1.88 bits per heavy atom. The molecular weight excluding hydrogens is 336 g/mol. The highest BCUT2D eigenvalue weighted by molar-refractivity contribution is 7.98. The SMILES string of the molecule is CSc1cccc(-n2nnc(C(=O)O)c2-c2cc(F)cc(F)c2)c1. The Labute approximate surface area is 139 Å². The van der Waals surface area contributed by atoms with E-state index in [0.717, 1.165) is 17.0 Å². The van der Waals surface area contributed by atoms with Crippen LogP contribution in [0.25, 0.3) is 16.9 Å². The van der Waals surface area contributed by atoms with Crippen molar-refractivity contribution in [3.05, 3.63) is 59.8 Å². The number of carbonyl (C=O) groups is 1. The lowest BCUT2D eigenvalue weighted by Crippen LogP contribution is -2.04. The van der Waals surface area contributed by atoms with Crippen molar-refractivity contribution in [2.45, 2.75) is 4.90 Å². The smallest absolute Gasteiger partial charge is 0.358 e. The van der Waals surface area contributed by atoms with Crippen LogP contribution < -0.4 is 0 Å². The first-order chi connectivity index (χ1) is 11.5. The maximum absolute atomic E-state index is 13.6. The van der Waals surface area contributed by atoms with Crippen LogP contribution in [0.1, 0.15) is 10.5 Å². The van der Waals surface area contributed by atoms with Gasteiger partial charge in [-0.2, -0.15) is 0 Å². The molecule has 2 aromatic carbocycles. The molecule has 3 aromatic rings. The first-order valence-corrected chi connectivity index (χ1v) is 8.02. The van der Waals surface area contributed by atoms with Crippen molar-refractivity contribution in [3.63, 3.8) is 0 Å². The van der Waals surface area contributed by atoms with Crippen LogP contribution in [0.5, 0.6) is 0 Å². The van der Waals surface area contributed by atoms with Gasteiger partial charge in [-0.25, -0.2) is 18.3 Å². The van der Waals surface area contributed by atoms with Gasteiger partial charge >= 0.3 is 5.97 Å². The third-order valence-corrected chi connectivity index (χ3v) is 4.03. The maximum Gasteiger partial charge on any atom is 0.358 e. The van der Waals surface area contributed by atoms with Gasteiger partial charge in [0.2, 0.25) is 0 Å². The lowest BCUT2D eigenvalue weighted by atomic mass is 10.1. The van der Waals surface area contributed by atoms with Gasteiger partial charge in [0.05, 0.1) is 5.69 Å². The molecule has 122 valence electrons. The number of benzene rings is 2. The summed E-state index contributed by atoms with van der Waals surface area (Å²) in [6.07, 6.45) is 1.89. The highest BCUT2D eigenvalue weighted by Gasteiger charge is 2.22. The van der Waals surface area contributed by atoms with Crippen molar-refractivity contribution in [2.75, 3.05) is 6.26 Å². The number of carboxylic acid groups (broad SMARTS) is 1. The van der Waals surface area contributed by atoms with Crippen molar-refractivity contribution >= 4 is 17.7 Å². The van der Waals surface area contributed by atoms with Crippen molar-refractivity contribution in [1.82, 2.24) is 15.0 Å². The van der Waals surface area contributed by atoms with E-state index in [0.29, 0.717) is 11.8 Å². The number of aromatic nitrogens is 3. The fraction of sp³-hybridized carbons (Fsp3) is 0.0625. The Morgan fingerprint density at radius 1 is 1.17 bits per heavy atom. The minimum Gasteiger partial charge on any atom is -0.476 e. The van der Waals surface area contributed by atoms with Crippen LogP contribution in [0.15, 0.2) is 47.4 Å². The van der Waals surface area contributed by atoms with Gasteiger partial charge in [-0.1, -0.05) is 11.3 Å². The van der Waals surface area contributed by atoms with Gasteiger partial charge in [0.15, 0.2) is 5.69 Å². The molecule has 0 bridgehead atoms. The van der Waals surface area contributed by atoms with Crippen molar-refractivity contribution in [2.24, 2.45) is 0 Å². The van der Waals surface area contributed by atoms with Gasteiger partial charge in [0.25, 0.3) is 0 Å². The molecule has 0 aliphatic heterocycles. The molecule has 0 atom stereocenters. The minimum atomic E-state index is -1.33. The predicted octanol–water partition coefficient (Wildman–Crippen LogP) is 3.63. The summed E-state index contributed by atoms with van der Waals surface area (Å²) in [7, 11) is 0. The normalized spacial score (nSPS) is 10.8. The maximum atomic E-state index is 13.6. The van der Waals surface area contributed by atoms with E-state index in [2.05, 4.69) is 10.3 Å². The van der Waals surface area contributed by atoms with E-state index in [1.54, 1.807) is 18.2 Å². The molecular formula is C16H11F2N3O2S. The fourth-order valence-corrected chi connectivity index (χ4v) is 2.75. The first kappa shape index (κ1) is 16.1. The van der Waals surface area contributed by atoms with Gasteiger partial charge in [-0.3, -0.25) is 0 Å². The van der Waals surface area contributed by atoms with Gasteiger partial charge < -0.3 is 5.11 Å². The summed E-state index contributed by atoms with van der Waals surface area (Å²) in [5.41, 5.74) is 0.222. The Hall–Kier alpha value is -2.74. The van der Waals surface area contributed by atoms with Gasteiger partial charge in [-0.15, -0.1) is 16.9 Å². The Kier molecular flexibility index (Phi) is 4.30. The standard InChI is InChI=1S/C16H11F2N3O2S/c1-24-13-4-2-3-12(8-13)21-15(14(16(22)23)19-20-21)9-5-10(17)7-11(18)6-9/h2-8H,1H3,(H,22,23). The third kappa shape index (κ3) is 3.00. The van der Waals surface area contributed by atoms with E-state index in [1.807, 2.05) is 12.3 Å². The second kappa shape index (κ2) is 6.40. The van der Waals surface area contributed by atoms with Gasteiger partial charge in [-0.05, 0) is 36.6 Å². The number of halogens is 2. The second-order valence-corrected chi connectivity index (χ2v) is 5.74. The summed E-state index contributed by atoms with van der Waals surface area (Å²) in [4.78, 5) is 12.4. The molecule has 0 fully saturated rings. The number of hydrogen-bond donors (Lipinski definition) is 1. The van der Waals surface area contributed by atoms with E-state index in [-0.39, 0.29) is 17.0 Å². The molecule has 0 amide bonds. The van der Waals surface area contributed by atoms with Crippen LogP contribution in [0.3, 0.4) is 0 Å². The molecule has 0 radical (unpaired) electrons.